The van der Waals surface area contributed by atoms with Crippen LogP contribution in [0, 0.1) is 11.8 Å². The van der Waals surface area contributed by atoms with Crippen LogP contribution in [0.15, 0.2) is 0 Å². The molecule has 2 N–H and O–H groups in total. The molecule has 1 saturated carbocycles. The summed E-state index contributed by atoms with van der Waals surface area (Å²) in [5.74, 6) is 0.0121. The van der Waals surface area contributed by atoms with E-state index in [9.17, 15) is 4.79 Å². The molecule has 0 radical (unpaired) electrons. The van der Waals surface area contributed by atoms with Gasteiger partial charge in [0.25, 0.3) is 0 Å². The van der Waals surface area contributed by atoms with E-state index in [-0.39, 0.29) is 5.92 Å². The zero-order chi connectivity index (χ0) is 13.5. The number of carboxylic acids is 1. The minimum absolute atomic E-state index is 0.0791. The summed E-state index contributed by atoms with van der Waals surface area (Å²) in [6, 6.07) is 0. The van der Waals surface area contributed by atoms with Gasteiger partial charge in [0.15, 0.2) is 0 Å². The third-order valence-corrected chi connectivity index (χ3v) is 4.68. The van der Waals surface area contributed by atoms with Crippen molar-refractivity contribution in [1.82, 2.24) is 10.2 Å². The number of carbonyl (C=O) groups is 1. The molecule has 0 unspecified atom stereocenters. The third kappa shape index (κ3) is 5.11. The molecule has 2 rings (SSSR count). The summed E-state index contributed by atoms with van der Waals surface area (Å²) in [5, 5.41) is 12.5. The Balaban J connectivity index is 1.51. The summed E-state index contributed by atoms with van der Waals surface area (Å²) in [4.78, 5) is 13.4. The number of piperidine rings is 1. The zero-order valence-electron chi connectivity index (χ0n) is 11.9. The van der Waals surface area contributed by atoms with Crippen LogP contribution >= 0.6 is 0 Å². The van der Waals surface area contributed by atoms with Gasteiger partial charge in [0.05, 0.1) is 5.92 Å². The number of hydrogen-bond donors (Lipinski definition) is 2. The first-order valence-corrected chi connectivity index (χ1v) is 7.91. The molecule has 0 bridgehead atoms. The molecule has 19 heavy (non-hydrogen) atoms. The first kappa shape index (κ1) is 14.8. The van der Waals surface area contributed by atoms with Gasteiger partial charge in [0.1, 0.15) is 0 Å². The molecular formula is C15H28N2O2. The number of nitrogens with one attached hydrogen (secondary N) is 1. The third-order valence-electron chi connectivity index (χ3n) is 4.68. The van der Waals surface area contributed by atoms with E-state index in [1.54, 1.807) is 0 Å². The lowest BCUT2D eigenvalue weighted by Gasteiger charge is -2.28. The van der Waals surface area contributed by atoms with Crippen molar-refractivity contribution in [3.8, 4) is 0 Å². The SMILES string of the molecule is O=C(O)C1CCC(CNCCN2CCCCC2)CC1. The van der Waals surface area contributed by atoms with Crippen LogP contribution in [0.25, 0.3) is 0 Å². The largest absolute Gasteiger partial charge is 0.481 e. The highest BCUT2D eigenvalue weighted by atomic mass is 16.4. The average molecular weight is 268 g/mol. The molecule has 0 aromatic heterocycles. The van der Waals surface area contributed by atoms with E-state index >= 15 is 0 Å². The quantitative estimate of drug-likeness (QED) is 0.723. The highest BCUT2D eigenvalue weighted by molar-refractivity contribution is 5.69. The monoisotopic (exact) mass is 268 g/mol. The second-order valence-corrected chi connectivity index (χ2v) is 6.16. The maximum Gasteiger partial charge on any atom is 0.306 e. The Bertz CT molecular complexity index is 269. The van der Waals surface area contributed by atoms with Crippen LogP contribution in [0.1, 0.15) is 44.9 Å². The van der Waals surface area contributed by atoms with E-state index in [1.165, 1.54) is 38.9 Å². The lowest BCUT2D eigenvalue weighted by Crippen LogP contribution is -2.37. The summed E-state index contributed by atoms with van der Waals surface area (Å²) in [5.41, 5.74) is 0. The predicted octanol–water partition coefficient (Wildman–Crippen LogP) is 1.95. The molecule has 1 aliphatic carbocycles. The molecule has 1 aliphatic heterocycles. The molecule has 0 aromatic rings. The summed E-state index contributed by atoms with van der Waals surface area (Å²) in [7, 11) is 0. The Hall–Kier alpha value is -0.610. The van der Waals surface area contributed by atoms with Crippen molar-refractivity contribution in [2.24, 2.45) is 11.8 Å². The molecule has 0 spiro atoms. The lowest BCUT2D eigenvalue weighted by molar-refractivity contribution is -0.143. The van der Waals surface area contributed by atoms with Gasteiger partial charge >= 0.3 is 5.97 Å². The number of carboxylic acid groups (broad SMARTS) is 1. The Labute approximate surface area is 116 Å². The Morgan fingerprint density at radius 3 is 2.42 bits per heavy atom. The molecule has 4 heteroatoms. The highest BCUT2D eigenvalue weighted by Gasteiger charge is 2.25. The highest BCUT2D eigenvalue weighted by Crippen LogP contribution is 2.28. The van der Waals surface area contributed by atoms with Gasteiger partial charge in [-0.15, -0.1) is 0 Å². The number of aliphatic carboxylic acids is 1. The zero-order valence-corrected chi connectivity index (χ0v) is 11.9. The predicted molar refractivity (Wildman–Crippen MR) is 76.2 cm³/mol. The van der Waals surface area contributed by atoms with Crippen molar-refractivity contribution >= 4 is 5.97 Å². The van der Waals surface area contributed by atoms with Crippen LogP contribution < -0.4 is 5.32 Å². The summed E-state index contributed by atoms with van der Waals surface area (Å²) < 4.78 is 0. The van der Waals surface area contributed by atoms with Crippen molar-refractivity contribution in [1.29, 1.82) is 0 Å². The van der Waals surface area contributed by atoms with Gasteiger partial charge in [-0.3, -0.25) is 4.79 Å². The maximum absolute atomic E-state index is 10.9. The number of rotatable bonds is 6. The average Bonchev–Trinajstić information content (AvgIpc) is 2.45. The van der Waals surface area contributed by atoms with Gasteiger partial charge in [-0.2, -0.15) is 0 Å². The molecule has 1 saturated heterocycles. The van der Waals surface area contributed by atoms with E-state index < -0.39 is 5.97 Å². The molecule has 110 valence electrons. The van der Waals surface area contributed by atoms with Gasteiger partial charge in [-0.05, 0) is 64.1 Å². The second-order valence-electron chi connectivity index (χ2n) is 6.16. The lowest BCUT2D eigenvalue weighted by atomic mass is 9.82. The Morgan fingerprint density at radius 1 is 1.11 bits per heavy atom. The molecule has 1 heterocycles. The number of likely N-dealkylation sites (tertiary alicyclic amines) is 1. The van der Waals surface area contributed by atoms with Gasteiger partial charge in [0.2, 0.25) is 0 Å². The van der Waals surface area contributed by atoms with Crippen molar-refractivity contribution in [3.63, 3.8) is 0 Å². The maximum atomic E-state index is 10.9. The first-order chi connectivity index (χ1) is 9.25. The second kappa shape index (κ2) is 7.85. The van der Waals surface area contributed by atoms with E-state index in [1.807, 2.05) is 0 Å². The van der Waals surface area contributed by atoms with Crippen LogP contribution in [-0.2, 0) is 4.79 Å². The van der Waals surface area contributed by atoms with Crippen molar-refractivity contribution < 1.29 is 9.90 Å². The van der Waals surface area contributed by atoms with Crippen LogP contribution in [0.4, 0.5) is 0 Å². The molecule has 4 nitrogen and oxygen atoms in total. The van der Waals surface area contributed by atoms with Gasteiger partial charge in [0, 0.05) is 13.1 Å². The standard InChI is InChI=1S/C15H28N2O2/c18-15(19)14-6-4-13(5-7-14)12-16-8-11-17-9-2-1-3-10-17/h13-14,16H,1-12H2,(H,18,19). The van der Waals surface area contributed by atoms with E-state index in [2.05, 4.69) is 10.2 Å². The topological polar surface area (TPSA) is 52.6 Å². The Kier molecular flexibility index (Phi) is 6.11. The minimum atomic E-state index is -0.600. The van der Waals surface area contributed by atoms with Gasteiger partial charge in [-0.1, -0.05) is 6.42 Å². The van der Waals surface area contributed by atoms with E-state index in [0.717, 1.165) is 38.8 Å². The normalized spacial score (nSPS) is 29.3. The molecule has 0 amide bonds. The van der Waals surface area contributed by atoms with Crippen LogP contribution in [0.2, 0.25) is 0 Å². The fraction of sp³-hybridized carbons (Fsp3) is 0.933. The fourth-order valence-electron chi connectivity index (χ4n) is 3.34. The van der Waals surface area contributed by atoms with Crippen LogP contribution in [0.3, 0.4) is 0 Å². The molecular weight excluding hydrogens is 240 g/mol. The molecule has 0 atom stereocenters. The van der Waals surface area contributed by atoms with Crippen molar-refractivity contribution in [3.05, 3.63) is 0 Å². The minimum Gasteiger partial charge on any atom is -0.481 e. The molecule has 2 aliphatic rings. The first-order valence-electron chi connectivity index (χ1n) is 7.91. The number of nitrogens with zero attached hydrogens (tertiary/aromatic N) is 1. The number of hydrogen-bond acceptors (Lipinski definition) is 3. The van der Waals surface area contributed by atoms with Gasteiger partial charge in [-0.25, -0.2) is 0 Å². The van der Waals surface area contributed by atoms with Crippen LogP contribution in [0.5, 0.6) is 0 Å². The van der Waals surface area contributed by atoms with Gasteiger partial charge < -0.3 is 15.3 Å². The summed E-state index contributed by atoms with van der Waals surface area (Å²) in [6.45, 7) is 5.86. The van der Waals surface area contributed by atoms with E-state index in [4.69, 9.17) is 5.11 Å². The summed E-state index contributed by atoms with van der Waals surface area (Å²) in [6.07, 6.45) is 8.01. The smallest absolute Gasteiger partial charge is 0.306 e. The summed E-state index contributed by atoms with van der Waals surface area (Å²) >= 11 is 0. The van der Waals surface area contributed by atoms with Crippen molar-refractivity contribution in [2.45, 2.75) is 44.9 Å². The molecule has 2 fully saturated rings. The Morgan fingerprint density at radius 2 is 1.79 bits per heavy atom. The van der Waals surface area contributed by atoms with Crippen molar-refractivity contribution in [2.75, 3.05) is 32.7 Å². The molecule has 0 aromatic carbocycles. The fourth-order valence-corrected chi connectivity index (χ4v) is 3.34. The van der Waals surface area contributed by atoms with Crippen LogP contribution in [-0.4, -0.2) is 48.7 Å². The van der Waals surface area contributed by atoms with E-state index in [0.29, 0.717) is 5.92 Å².